The van der Waals surface area contributed by atoms with Crippen molar-refractivity contribution >= 4 is 23.8 Å². The second-order valence-corrected chi connectivity index (χ2v) is 9.89. The van der Waals surface area contributed by atoms with Gasteiger partial charge in [0.05, 0.1) is 12.3 Å². The van der Waals surface area contributed by atoms with E-state index in [2.05, 4.69) is 12.1 Å². The van der Waals surface area contributed by atoms with E-state index in [0.717, 1.165) is 31.3 Å². The van der Waals surface area contributed by atoms with Crippen LogP contribution in [0.25, 0.3) is 0 Å². The molecule has 0 aliphatic heterocycles. The molecule has 0 unspecified atom stereocenters. The number of carbonyl (C=O) groups excluding carboxylic acids is 3. The molecule has 7 atom stereocenters. The van der Waals surface area contributed by atoms with Gasteiger partial charge in [0, 0.05) is 24.7 Å². The first-order valence-electron chi connectivity index (χ1n) is 11.0. The van der Waals surface area contributed by atoms with E-state index in [-0.39, 0.29) is 41.3 Å². The number of carbonyl (C=O) groups is 3. The lowest BCUT2D eigenvalue weighted by Gasteiger charge is -2.59. The van der Waals surface area contributed by atoms with E-state index >= 15 is 0 Å². The molecule has 0 amide bonds. The molecule has 3 saturated carbocycles. The molecule has 0 spiro atoms. The maximum Gasteiger partial charge on any atom is 0.303 e. The Labute approximate surface area is 176 Å². The van der Waals surface area contributed by atoms with Gasteiger partial charge in [-0.1, -0.05) is 12.5 Å². The second kappa shape index (κ2) is 7.59. The number of hydrogen-bond acceptors (Lipinski definition) is 7. The number of fused-ring (bicyclic) bond motifs is 5. The van der Waals surface area contributed by atoms with Crippen molar-refractivity contribution in [2.75, 3.05) is 6.61 Å². The zero-order valence-electron chi connectivity index (χ0n) is 17.7. The number of rotatable bonds is 4. The topological polar surface area (TPSA) is 113 Å². The molecule has 4 aliphatic rings. The first-order chi connectivity index (χ1) is 14.2. The molecule has 0 aromatic rings. The maximum absolute atomic E-state index is 12.9. The fraction of sp³-hybridized carbons (Fsp3) is 0.739. The molecule has 0 aromatic carbocycles. The van der Waals surface area contributed by atoms with E-state index in [1.165, 1.54) is 13.1 Å². The van der Waals surface area contributed by atoms with Gasteiger partial charge in [0.15, 0.2) is 11.6 Å². The Balaban J connectivity index is 1.68. The fourth-order valence-corrected chi connectivity index (χ4v) is 7.47. The van der Waals surface area contributed by atoms with Crippen molar-refractivity contribution in [2.24, 2.45) is 39.7 Å². The predicted octanol–water partition coefficient (Wildman–Crippen LogP) is 2.68. The van der Waals surface area contributed by atoms with E-state index in [0.29, 0.717) is 19.3 Å². The zero-order valence-corrected chi connectivity index (χ0v) is 17.7. The standard InChI is InChI=1S/C23H31NO6/c1-13(25)30-11-20(28)18-6-5-17-16-4-3-14-9-15(26)7-8-22(14,2)21(16)19(27)10-23(17,18)12-24-29/h9,12,16-19,21,27,29H,3-8,10-11H2,1-2H3/b24-12-/t16-,17-,18+,19-,21+,22-,23+/m0/s1. The summed E-state index contributed by atoms with van der Waals surface area (Å²) in [7, 11) is 0. The lowest BCUT2D eigenvalue weighted by atomic mass is 9.45. The molecule has 2 N–H and O–H groups in total. The quantitative estimate of drug-likeness (QED) is 0.315. The van der Waals surface area contributed by atoms with Crippen molar-refractivity contribution in [3.63, 3.8) is 0 Å². The third-order valence-electron chi connectivity index (χ3n) is 8.61. The number of allylic oxidation sites excluding steroid dienone is 1. The lowest BCUT2D eigenvalue weighted by Crippen LogP contribution is -2.58. The highest BCUT2D eigenvalue weighted by Gasteiger charge is 2.64. The predicted molar refractivity (Wildman–Crippen MR) is 108 cm³/mol. The largest absolute Gasteiger partial charge is 0.458 e. The summed E-state index contributed by atoms with van der Waals surface area (Å²) < 4.78 is 4.95. The zero-order chi connectivity index (χ0) is 21.7. The summed E-state index contributed by atoms with van der Waals surface area (Å²) in [5.74, 6) is -0.617. The molecule has 0 aromatic heterocycles. The summed E-state index contributed by atoms with van der Waals surface area (Å²) in [4.78, 5) is 36.1. The van der Waals surface area contributed by atoms with Gasteiger partial charge in [-0.3, -0.25) is 14.4 Å². The maximum atomic E-state index is 12.9. The summed E-state index contributed by atoms with van der Waals surface area (Å²) in [6, 6.07) is 0. The van der Waals surface area contributed by atoms with Crippen molar-refractivity contribution < 1.29 is 29.4 Å². The van der Waals surface area contributed by atoms with Crippen LogP contribution in [0.15, 0.2) is 16.8 Å². The Bertz CT molecular complexity index is 819. The molecule has 4 rings (SSSR count). The van der Waals surface area contributed by atoms with Crippen LogP contribution in [-0.4, -0.2) is 46.8 Å². The number of esters is 1. The third-order valence-corrected chi connectivity index (χ3v) is 8.61. The molecule has 164 valence electrons. The van der Waals surface area contributed by atoms with E-state index in [4.69, 9.17) is 4.74 Å². The van der Waals surface area contributed by atoms with Crippen molar-refractivity contribution in [1.29, 1.82) is 0 Å². The van der Waals surface area contributed by atoms with Crippen LogP contribution in [0.2, 0.25) is 0 Å². The van der Waals surface area contributed by atoms with Crippen LogP contribution < -0.4 is 0 Å². The van der Waals surface area contributed by atoms with Gasteiger partial charge in [0.1, 0.15) is 6.61 Å². The Morgan fingerprint density at radius 1 is 1.30 bits per heavy atom. The minimum absolute atomic E-state index is 0.0261. The number of hydrogen-bond donors (Lipinski definition) is 2. The van der Waals surface area contributed by atoms with Crippen LogP contribution in [-0.2, 0) is 19.1 Å². The van der Waals surface area contributed by atoms with Gasteiger partial charge < -0.3 is 15.1 Å². The summed E-state index contributed by atoms with van der Waals surface area (Å²) >= 11 is 0. The van der Waals surface area contributed by atoms with Gasteiger partial charge in [0.2, 0.25) is 0 Å². The summed E-state index contributed by atoms with van der Waals surface area (Å²) in [5.41, 5.74) is 0.218. The van der Waals surface area contributed by atoms with Crippen LogP contribution >= 0.6 is 0 Å². The highest BCUT2D eigenvalue weighted by atomic mass is 16.5. The van der Waals surface area contributed by atoms with Crippen LogP contribution in [0.3, 0.4) is 0 Å². The van der Waals surface area contributed by atoms with E-state index in [9.17, 15) is 24.7 Å². The number of Topliss-reactive ketones (excluding diaryl/α,β-unsaturated/α-hetero) is 1. The van der Waals surface area contributed by atoms with Crippen molar-refractivity contribution in [2.45, 2.75) is 64.9 Å². The summed E-state index contributed by atoms with van der Waals surface area (Å²) in [6.45, 7) is 3.16. The SMILES string of the molecule is CC(=O)OCC(=O)[C@H]1CC[C@H]2[C@@H]3CCC4=CC(=O)CC[C@]4(C)[C@H]3[C@@H](O)C[C@]12/C=N\O. The van der Waals surface area contributed by atoms with Crippen molar-refractivity contribution in [1.82, 2.24) is 0 Å². The molecule has 7 heteroatoms. The molecule has 0 radical (unpaired) electrons. The van der Waals surface area contributed by atoms with Gasteiger partial charge in [-0.15, -0.1) is 5.16 Å². The Hall–Kier alpha value is -2.02. The molecular formula is C23H31NO6. The normalized spacial score (nSPS) is 42.8. The molecular weight excluding hydrogens is 386 g/mol. The number of ether oxygens (including phenoxy) is 1. The average Bonchev–Trinajstić information content (AvgIpc) is 3.05. The molecule has 0 saturated heterocycles. The van der Waals surface area contributed by atoms with Gasteiger partial charge >= 0.3 is 5.97 Å². The second-order valence-electron chi connectivity index (χ2n) is 9.89. The summed E-state index contributed by atoms with van der Waals surface area (Å²) in [5, 5.41) is 24.2. The number of oxime groups is 1. The van der Waals surface area contributed by atoms with Crippen molar-refractivity contribution in [3.8, 4) is 0 Å². The Kier molecular flexibility index (Phi) is 5.37. The monoisotopic (exact) mass is 417 g/mol. The Morgan fingerprint density at radius 3 is 2.77 bits per heavy atom. The lowest BCUT2D eigenvalue weighted by molar-refractivity contribution is -0.150. The van der Waals surface area contributed by atoms with E-state index in [1.54, 1.807) is 6.08 Å². The van der Waals surface area contributed by atoms with Gasteiger partial charge in [0.25, 0.3) is 0 Å². The van der Waals surface area contributed by atoms with Crippen LogP contribution in [0.5, 0.6) is 0 Å². The highest BCUT2D eigenvalue weighted by molar-refractivity contribution is 5.92. The van der Waals surface area contributed by atoms with Crippen LogP contribution in [0.4, 0.5) is 0 Å². The molecule has 30 heavy (non-hydrogen) atoms. The average molecular weight is 418 g/mol. The number of aliphatic hydroxyl groups is 1. The molecule has 7 nitrogen and oxygen atoms in total. The molecule has 4 aliphatic carbocycles. The minimum atomic E-state index is -0.728. The molecule has 3 fully saturated rings. The highest BCUT2D eigenvalue weighted by Crippen LogP contribution is 2.66. The van der Waals surface area contributed by atoms with Gasteiger partial charge in [-0.2, -0.15) is 0 Å². The summed E-state index contributed by atoms with van der Waals surface area (Å²) in [6.07, 6.45) is 7.32. The van der Waals surface area contributed by atoms with Gasteiger partial charge in [-0.25, -0.2) is 0 Å². The minimum Gasteiger partial charge on any atom is -0.458 e. The van der Waals surface area contributed by atoms with Crippen molar-refractivity contribution in [3.05, 3.63) is 11.6 Å². The van der Waals surface area contributed by atoms with E-state index in [1.807, 2.05) is 0 Å². The number of nitrogens with zero attached hydrogens (tertiary/aromatic N) is 1. The van der Waals surface area contributed by atoms with E-state index < -0.39 is 23.4 Å². The smallest absolute Gasteiger partial charge is 0.303 e. The van der Waals surface area contributed by atoms with Gasteiger partial charge in [-0.05, 0) is 67.8 Å². The van der Waals surface area contributed by atoms with Crippen LogP contribution in [0.1, 0.15) is 58.8 Å². The number of ketones is 2. The molecule has 0 bridgehead atoms. The molecule has 0 heterocycles. The first kappa shape index (κ1) is 21.2. The third kappa shape index (κ3) is 3.13. The Morgan fingerprint density at radius 2 is 2.07 bits per heavy atom. The number of aliphatic hydroxyl groups excluding tert-OH is 1. The first-order valence-corrected chi connectivity index (χ1v) is 11.0. The van der Waals surface area contributed by atoms with Crippen LogP contribution in [0, 0.1) is 34.5 Å². The fourth-order valence-electron chi connectivity index (χ4n) is 7.47.